The summed E-state index contributed by atoms with van der Waals surface area (Å²) in [5.41, 5.74) is 2.58. The summed E-state index contributed by atoms with van der Waals surface area (Å²) in [6.45, 7) is 3.19. The fourth-order valence-electron chi connectivity index (χ4n) is 4.11. The van der Waals surface area contributed by atoms with Gasteiger partial charge < -0.3 is 9.47 Å². The lowest BCUT2D eigenvalue weighted by atomic mass is 10.1. The molecule has 0 aliphatic carbocycles. The molecule has 1 atom stereocenters. The van der Waals surface area contributed by atoms with Crippen molar-refractivity contribution in [3.05, 3.63) is 89.6 Å². The highest BCUT2D eigenvalue weighted by Gasteiger charge is 2.30. The van der Waals surface area contributed by atoms with E-state index in [9.17, 15) is 4.79 Å². The Morgan fingerprint density at radius 3 is 2.72 bits per heavy atom. The largest absolute Gasteiger partial charge is 0.329 e. The molecule has 0 saturated heterocycles. The van der Waals surface area contributed by atoms with Crippen LogP contribution >= 0.6 is 0 Å². The molecule has 0 N–H and O–H groups in total. The Bertz CT molecular complexity index is 1180. The van der Waals surface area contributed by atoms with Crippen LogP contribution in [0.25, 0.3) is 10.9 Å². The van der Waals surface area contributed by atoms with Gasteiger partial charge in [-0.1, -0.05) is 48.5 Å². The molecule has 144 valence electrons. The number of hydrogen-bond acceptors (Lipinski definition) is 4. The van der Waals surface area contributed by atoms with Gasteiger partial charge >= 0.3 is 0 Å². The molecule has 0 saturated carbocycles. The highest BCUT2D eigenvalue weighted by molar-refractivity contribution is 6.05. The normalized spacial score (nSPS) is 16.0. The van der Waals surface area contributed by atoms with Gasteiger partial charge in [-0.3, -0.25) is 9.78 Å². The van der Waals surface area contributed by atoms with Crippen molar-refractivity contribution in [3.8, 4) is 0 Å². The Kier molecular flexibility index (Phi) is 4.31. The van der Waals surface area contributed by atoms with Gasteiger partial charge in [-0.25, -0.2) is 0 Å². The van der Waals surface area contributed by atoms with E-state index in [0.717, 1.165) is 29.0 Å². The molecule has 1 aliphatic heterocycles. The summed E-state index contributed by atoms with van der Waals surface area (Å²) >= 11 is 0. The predicted octanol–water partition coefficient (Wildman–Crippen LogP) is 3.63. The van der Waals surface area contributed by atoms with E-state index in [1.54, 1.807) is 6.20 Å². The minimum absolute atomic E-state index is 0.0139. The van der Waals surface area contributed by atoms with Gasteiger partial charge in [-0.05, 0) is 24.6 Å². The first-order valence-electron chi connectivity index (χ1n) is 9.80. The molecule has 0 radical (unpaired) electrons. The molecule has 1 amide bonds. The zero-order chi connectivity index (χ0) is 19.8. The standard InChI is InChI=1S/C23H21N5O/c1-16-14-27(23(29)19-11-5-9-18-10-6-12-24-22(18)19)15-21-26-25-20(28(16)21)13-17-7-3-2-4-8-17/h2-12,16H,13-15H2,1H3/t16-/m0/s1. The average Bonchev–Trinajstić information content (AvgIpc) is 3.16. The van der Waals surface area contributed by atoms with Gasteiger partial charge in [0.25, 0.3) is 5.91 Å². The highest BCUT2D eigenvalue weighted by atomic mass is 16.2. The Hall–Kier alpha value is -3.54. The summed E-state index contributed by atoms with van der Waals surface area (Å²) in [6, 6.07) is 20.0. The zero-order valence-corrected chi connectivity index (χ0v) is 16.2. The van der Waals surface area contributed by atoms with Crippen LogP contribution in [-0.2, 0) is 13.0 Å². The van der Waals surface area contributed by atoms with Crippen molar-refractivity contribution in [1.82, 2.24) is 24.6 Å². The van der Waals surface area contributed by atoms with Crippen LogP contribution in [0.2, 0.25) is 0 Å². The molecular weight excluding hydrogens is 362 g/mol. The Labute approximate surface area is 168 Å². The summed E-state index contributed by atoms with van der Waals surface area (Å²) in [4.78, 5) is 19.6. The second-order valence-corrected chi connectivity index (χ2v) is 7.48. The van der Waals surface area contributed by atoms with Crippen molar-refractivity contribution in [2.75, 3.05) is 6.54 Å². The van der Waals surface area contributed by atoms with Crippen LogP contribution in [0.5, 0.6) is 0 Å². The maximum Gasteiger partial charge on any atom is 0.256 e. The summed E-state index contributed by atoms with van der Waals surface area (Å²) < 4.78 is 2.18. The molecule has 6 heteroatoms. The van der Waals surface area contributed by atoms with E-state index < -0.39 is 0 Å². The van der Waals surface area contributed by atoms with Crippen LogP contribution < -0.4 is 0 Å². The third-order valence-corrected chi connectivity index (χ3v) is 5.45. The molecule has 0 unspecified atom stereocenters. The van der Waals surface area contributed by atoms with Gasteiger partial charge in [0.1, 0.15) is 5.82 Å². The SMILES string of the molecule is C[C@H]1CN(C(=O)c2cccc3cccnc23)Cc2nnc(Cc3ccccc3)n21. The summed E-state index contributed by atoms with van der Waals surface area (Å²) in [7, 11) is 0. The van der Waals surface area contributed by atoms with Crippen LogP contribution in [0.4, 0.5) is 0 Å². The zero-order valence-electron chi connectivity index (χ0n) is 16.2. The van der Waals surface area contributed by atoms with Gasteiger partial charge in [-0.2, -0.15) is 0 Å². The van der Waals surface area contributed by atoms with E-state index in [4.69, 9.17) is 0 Å². The first-order valence-corrected chi connectivity index (χ1v) is 9.80. The van der Waals surface area contributed by atoms with E-state index >= 15 is 0 Å². The molecule has 0 spiro atoms. The van der Waals surface area contributed by atoms with E-state index in [1.165, 1.54) is 5.56 Å². The smallest absolute Gasteiger partial charge is 0.256 e. The third kappa shape index (κ3) is 3.16. The molecule has 2 aromatic heterocycles. The predicted molar refractivity (Wildman–Crippen MR) is 110 cm³/mol. The minimum atomic E-state index is -0.0139. The monoisotopic (exact) mass is 383 g/mol. The molecule has 0 fully saturated rings. The van der Waals surface area contributed by atoms with Crippen molar-refractivity contribution in [1.29, 1.82) is 0 Å². The number of benzene rings is 2. The molecule has 4 aromatic rings. The second kappa shape index (κ2) is 7.13. The first kappa shape index (κ1) is 17.6. The fourth-order valence-corrected chi connectivity index (χ4v) is 4.11. The second-order valence-electron chi connectivity index (χ2n) is 7.48. The van der Waals surface area contributed by atoms with E-state index in [0.29, 0.717) is 18.7 Å². The molecule has 1 aliphatic rings. The Morgan fingerprint density at radius 2 is 1.86 bits per heavy atom. The van der Waals surface area contributed by atoms with Crippen LogP contribution in [-0.4, -0.2) is 37.1 Å². The Balaban J connectivity index is 1.44. The summed E-state index contributed by atoms with van der Waals surface area (Å²) in [5, 5.41) is 9.79. The maximum absolute atomic E-state index is 13.3. The third-order valence-electron chi connectivity index (χ3n) is 5.45. The molecule has 0 bridgehead atoms. The van der Waals surface area contributed by atoms with Crippen molar-refractivity contribution < 1.29 is 4.79 Å². The molecule has 3 heterocycles. The van der Waals surface area contributed by atoms with E-state index in [2.05, 4.69) is 38.8 Å². The lowest BCUT2D eigenvalue weighted by Crippen LogP contribution is -2.41. The van der Waals surface area contributed by atoms with E-state index in [-0.39, 0.29) is 11.9 Å². The minimum Gasteiger partial charge on any atom is -0.329 e. The number of rotatable bonds is 3. The summed E-state index contributed by atoms with van der Waals surface area (Å²) in [5.74, 6) is 1.76. The lowest BCUT2D eigenvalue weighted by Gasteiger charge is -2.32. The highest BCUT2D eigenvalue weighted by Crippen LogP contribution is 2.26. The number of carbonyl (C=O) groups excluding carboxylic acids is 1. The quantitative estimate of drug-likeness (QED) is 0.542. The molecule has 5 rings (SSSR count). The molecule has 29 heavy (non-hydrogen) atoms. The van der Waals surface area contributed by atoms with Crippen LogP contribution in [0, 0.1) is 0 Å². The lowest BCUT2D eigenvalue weighted by molar-refractivity contribution is 0.0681. The average molecular weight is 383 g/mol. The van der Waals surface area contributed by atoms with Crippen molar-refractivity contribution in [2.45, 2.75) is 25.9 Å². The molecular formula is C23H21N5O. The van der Waals surface area contributed by atoms with Crippen LogP contribution in [0.1, 0.15) is 40.5 Å². The fraction of sp³-hybridized carbons (Fsp3) is 0.217. The molecule has 2 aromatic carbocycles. The topological polar surface area (TPSA) is 63.9 Å². The number of para-hydroxylation sites is 1. The summed E-state index contributed by atoms with van der Waals surface area (Å²) in [6.07, 6.45) is 2.46. The number of hydrogen-bond donors (Lipinski definition) is 0. The van der Waals surface area contributed by atoms with Gasteiger partial charge in [0, 0.05) is 24.5 Å². The van der Waals surface area contributed by atoms with Gasteiger partial charge in [0.05, 0.1) is 23.7 Å². The number of nitrogens with zero attached hydrogens (tertiary/aromatic N) is 5. The Morgan fingerprint density at radius 1 is 1.03 bits per heavy atom. The number of pyridine rings is 1. The van der Waals surface area contributed by atoms with Gasteiger partial charge in [0.15, 0.2) is 5.82 Å². The van der Waals surface area contributed by atoms with E-state index in [1.807, 2.05) is 53.4 Å². The van der Waals surface area contributed by atoms with Gasteiger partial charge in [0.2, 0.25) is 0 Å². The van der Waals surface area contributed by atoms with Crippen molar-refractivity contribution in [3.63, 3.8) is 0 Å². The number of fused-ring (bicyclic) bond motifs is 2. The number of amides is 1. The van der Waals surface area contributed by atoms with Crippen LogP contribution in [0.15, 0.2) is 66.9 Å². The van der Waals surface area contributed by atoms with Crippen molar-refractivity contribution >= 4 is 16.8 Å². The van der Waals surface area contributed by atoms with Crippen LogP contribution in [0.3, 0.4) is 0 Å². The molecule has 6 nitrogen and oxygen atoms in total. The van der Waals surface area contributed by atoms with Crippen molar-refractivity contribution in [2.24, 2.45) is 0 Å². The maximum atomic E-state index is 13.3. The number of carbonyl (C=O) groups is 1. The van der Waals surface area contributed by atoms with Gasteiger partial charge in [-0.15, -0.1) is 10.2 Å². The number of aromatic nitrogens is 4. The first-order chi connectivity index (χ1) is 14.2.